The second-order valence-corrected chi connectivity index (χ2v) is 6.75. The molecule has 1 aliphatic heterocycles. The molecule has 1 saturated heterocycles. The van der Waals surface area contributed by atoms with Crippen molar-refractivity contribution in [1.29, 1.82) is 0 Å². The Bertz CT molecular complexity index is 895. The van der Waals surface area contributed by atoms with Gasteiger partial charge in [-0.3, -0.25) is 19.6 Å². The summed E-state index contributed by atoms with van der Waals surface area (Å²) in [5, 5.41) is 11.6. The molecule has 1 amide bonds. The van der Waals surface area contributed by atoms with Crippen molar-refractivity contribution >= 4 is 5.91 Å². The van der Waals surface area contributed by atoms with Gasteiger partial charge >= 0.3 is 0 Å². The summed E-state index contributed by atoms with van der Waals surface area (Å²) >= 11 is 0. The van der Waals surface area contributed by atoms with Crippen LogP contribution in [0.25, 0.3) is 11.4 Å². The average molecular weight is 351 g/mol. The highest BCUT2D eigenvalue weighted by Crippen LogP contribution is 2.22. The fourth-order valence-electron chi connectivity index (χ4n) is 3.30. The van der Waals surface area contributed by atoms with E-state index in [1.807, 2.05) is 37.1 Å². The summed E-state index contributed by atoms with van der Waals surface area (Å²) in [5.74, 6) is 1.91. The van der Waals surface area contributed by atoms with Gasteiger partial charge in [-0.1, -0.05) is 0 Å². The Morgan fingerprint density at radius 1 is 1.35 bits per heavy atom. The Morgan fingerprint density at radius 3 is 2.88 bits per heavy atom. The Balaban J connectivity index is 1.39. The number of hydrogen-bond donors (Lipinski definition) is 1. The second-order valence-electron chi connectivity index (χ2n) is 6.75. The SMILES string of the molecule is Cc1cc(C(=O)N2CCC(Cc3nc(-c4ccncc4)n[nH]3)C2)nn1C. The fourth-order valence-corrected chi connectivity index (χ4v) is 3.30. The highest BCUT2D eigenvalue weighted by molar-refractivity contribution is 5.92. The molecule has 4 rings (SSSR count). The van der Waals surface area contributed by atoms with Gasteiger partial charge in [-0.2, -0.15) is 10.2 Å². The molecular formula is C18H21N7O. The normalized spacial score (nSPS) is 17.0. The van der Waals surface area contributed by atoms with Crippen LogP contribution in [0.4, 0.5) is 0 Å². The summed E-state index contributed by atoms with van der Waals surface area (Å²) in [5.41, 5.74) is 2.44. The number of likely N-dealkylation sites (tertiary alicyclic amines) is 1. The number of H-pyrrole nitrogens is 1. The summed E-state index contributed by atoms with van der Waals surface area (Å²) < 4.78 is 1.73. The molecule has 0 radical (unpaired) electrons. The molecule has 134 valence electrons. The number of rotatable bonds is 4. The van der Waals surface area contributed by atoms with Crippen LogP contribution in [-0.4, -0.2) is 53.8 Å². The number of nitrogens with zero attached hydrogens (tertiary/aromatic N) is 6. The first-order valence-electron chi connectivity index (χ1n) is 8.72. The van der Waals surface area contributed by atoms with Crippen molar-refractivity contribution in [2.45, 2.75) is 19.8 Å². The van der Waals surface area contributed by atoms with Gasteiger partial charge in [-0.25, -0.2) is 4.98 Å². The van der Waals surface area contributed by atoms with Gasteiger partial charge in [-0.15, -0.1) is 0 Å². The van der Waals surface area contributed by atoms with Gasteiger partial charge < -0.3 is 4.90 Å². The number of pyridine rings is 1. The topological polar surface area (TPSA) is 92.6 Å². The van der Waals surface area contributed by atoms with E-state index in [2.05, 4.69) is 25.3 Å². The fraction of sp³-hybridized carbons (Fsp3) is 0.389. The Morgan fingerprint density at radius 2 is 2.15 bits per heavy atom. The van der Waals surface area contributed by atoms with Crippen LogP contribution in [0.1, 0.15) is 28.4 Å². The van der Waals surface area contributed by atoms with E-state index in [4.69, 9.17) is 0 Å². The standard InChI is InChI=1S/C18H21N7O/c1-12-9-15(23-24(12)2)18(26)25-8-5-13(11-25)10-16-20-17(22-21-16)14-3-6-19-7-4-14/h3-4,6-7,9,13H,5,8,10-11H2,1-2H3,(H,20,21,22). The van der Waals surface area contributed by atoms with Crippen LogP contribution in [0.5, 0.6) is 0 Å². The van der Waals surface area contributed by atoms with E-state index in [0.717, 1.165) is 43.0 Å². The molecule has 0 aliphatic carbocycles. The van der Waals surface area contributed by atoms with Crippen LogP contribution >= 0.6 is 0 Å². The molecule has 8 heteroatoms. The lowest BCUT2D eigenvalue weighted by Crippen LogP contribution is -2.29. The second kappa shape index (κ2) is 6.70. The van der Waals surface area contributed by atoms with E-state index < -0.39 is 0 Å². The maximum Gasteiger partial charge on any atom is 0.274 e. The predicted octanol–water partition coefficient (Wildman–Crippen LogP) is 1.61. The van der Waals surface area contributed by atoms with Crippen LogP contribution < -0.4 is 0 Å². The molecule has 1 unspecified atom stereocenters. The third-order valence-corrected chi connectivity index (χ3v) is 4.86. The number of aromatic amines is 1. The number of nitrogens with one attached hydrogen (secondary N) is 1. The lowest BCUT2D eigenvalue weighted by Gasteiger charge is -2.14. The molecular weight excluding hydrogens is 330 g/mol. The lowest BCUT2D eigenvalue weighted by atomic mass is 10.1. The van der Waals surface area contributed by atoms with E-state index in [1.54, 1.807) is 17.1 Å². The van der Waals surface area contributed by atoms with E-state index >= 15 is 0 Å². The minimum atomic E-state index is 0.00578. The van der Waals surface area contributed by atoms with Gasteiger partial charge in [0.1, 0.15) is 5.82 Å². The maximum atomic E-state index is 12.6. The number of amides is 1. The van der Waals surface area contributed by atoms with E-state index in [9.17, 15) is 4.79 Å². The van der Waals surface area contributed by atoms with E-state index in [1.165, 1.54) is 0 Å². The van der Waals surface area contributed by atoms with Crippen molar-refractivity contribution in [3.8, 4) is 11.4 Å². The van der Waals surface area contributed by atoms with Crippen LogP contribution in [-0.2, 0) is 13.5 Å². The first-order valence-corrected chi connectivity index (χ1v) is 8.72. The number of carbonyl (C=O) groups is 1. The minimum absolute atomic E-state index is 0.00578. The molecule has 1 aliphatic rings. The maximum absolute atomic E-state index is 12.6. The molecule has 0 aromatic carbocycles. The molecule has 8 nitrogen and oxygen atoms in total. The monoisotopic (exact) mass is 351 g/mol. The number of aromatic nitrogens is 6. The quantitative estimate of drug-likeness (QED) is 0.771. The van der Waals surface area contributed by atoms with Crippen LogP contribution in [0.3, 0.4) is 0 Å². The minimum Gasteiger partial charge on any atom is -0.337 e. The smallest absolute Gasteiger partial charge is 0.274 e. The third kappa shape index (κ3) is 3.22. The molecule has 0 bridgehead atoms. The molecule has 1 fully saturated rings. The molecule has 4 heterocycles. The summed E-state index contributed by atoms with van der Waals surface area (Å²) in [7, 11) is 1.85. The van der Waals surface area contributed by atoms with Crippen molar-refractivity contribution in [2.75, 3.05) is 13.1 Å². The van der Waals surface area contributed by atoms with Crippen molar-refractivity contribution in [1.82, 2.24) is 34.8 Å². The summed E-state index contributed by atoms with van der Waals surface area (Å²) in [4.78, 5) is 23.1. The molecule has 0 saturated carbocycles. The largest absolute Gasteiger partial charge is 0.337 e. The lowest BCUT2D eigenvalue weighted by molar-refractivity contribution is 0.0780. The predicted molar refractivity (Wildman–Crippen MR) is 95.3 cm³/mol. The zero-order chi connectivity index (χ0) is 18.1. The van der Waals surface area contributed by atoms with Gasteiger partial charge in [0.25, 0.3) is 5.91 Å². The molecule has 1 atom stereocenters. The van der Waals surface area contributed by atoms with Crippen LogP contribution in [0.15, 0.2) is 30.6 Å². The first kappa shape index (κ1) is 16.4. The number of aryl methyl sites for hydroxylation is 2. The zero-order valence-corrected chi connectivity index (χ0v) is 14.9. The van der Waals surface area contributed by atoms with E-state index in [0.29, 0.717) is 17.4 Å². The van der Waals surface area contributed by atoms with Gasteiger partial charge in [0.15, 0.2) is 11.5 Å². The van der Waals surface area contributed by atoms with Crippen LogP contribution in [0, 0.1) is 12.8 Å². The highest BCUT2D eigenvalue weighted by Gasteiger charge is 2.29. The number of hydrogen-bond acceptors (Lipinski definition) is 5. The van der Waals surface area contributed by atoms with Crippen molar-refractivity contribution in [3.05, 3.63) is 47.8 Å². The molecule has 0 spiro atoms. The van der Waals surface area contributed by atoms with Crippen LogP contribution in [0.2, 0.25) is 0 Å². The summed E-state index contributed by atoms with van der Waals surface area (Å²) in [6.07, 6.45) is 5.20. The van der Waals surface area contributed by atoms with Gasteiger partial charge in [0, 0.05) is 50.2 Å². The molecule has 1 N–H and O–H groups in total. The van der Waals surface area contributed by atoms with Crippen molar-refractivity contribution in [3.63, 3.8) is 0 Å². The molecule has 26 heavy (non-hydrogen) atoms. The van der Waals surface area contributed by atoms with Crippen molar-refractivity contribution in [2.24, 2.45) is 13.0 Å². The van der Waals surface area contributed by atoms with E-state index in [-0.39, 0.29) is 5.91 Å². The van der Waals surface area contributed by atoms with Gasteiger partial charge in [-0.05, 0) is 37.5 Å². The molecule has 3 aromatic rings. The Kier molecular flexibility index (Phi) is 4.24. The first-order chi connectivity index (χ1) is 12.6. The third-order valence-electron chi connectivity index (χ3n) is 4.86. The zero-order valence-electron chi connectivity index (χ0n) is 14.9. The van der Waals surface area contributed by atoms with Gasteiger partial charge in [0.2, 0.25) is 0 Å². The van der Waals surface area contributed by atoms with Crippen molar-refractivity contribution < 1.29 is 4.79 Å². The van der Waals surface area contributed by atoms with Gasteiger partial charge in [0.05, 0.1) is 0 Å². The Labute approximate surface area is 151 Å². The molecule has 3 aromatic heterocycles. The summed E-state index contributed by atoms with van der Waals surface area (Å²) in [6, 6.07) is 5.61. The average Bonchev–Trinajstić information content (AvgIpc) is 3.37. The summed E-state index contributed by atoms with van der Waals surface area (Å²) in [6.45, 7) is 3.42. The number of carbonyl (C=O) groups excluding carboxylic acids is 1. The highest BCUT2D eigenvalue weighted by atomic mass is 16.2. The Hall–Kier alpha value is -3.03.